The molecule has 0 bridgehead atoms. The summed E-state index contributed by atoms with van der Waals surface area (Å²) in [5.74, 6) is 0. The lowest BCUT2D eigenvalue weighted by Crippen LogP contribution is -2.38. The van der Waals surface area contributed by atoms with Gasteiger partial charge < -0.3 is 15.4 Å². The van der Waals surface area contributed by atoms with Gasteiger partial charge in [0, 0.05) is 6.61 Å². The first kappa shape index (κ1) is 14.9. The minimum atomic E-state index is -4.59. The first-order chi connectivity index (χ1) is 9.38. The van der Waals surface area contributed by atoms with E-state index in [1.807, 2.05) is 0 Å². The Bertz CT molecular complexity index is 502. The van der Waals surface area contributed by atoms with Gasteiger partial charge >= 0.3 is 12.2 Å². The van der Waals surface area contributed by atoms with Crippen molar-refractivity contribution in [2.75, 3.05) is 18.5 Å². The van der Waals surface area contributed by atoms with Crippen molar-refractivity contribution in [3.05, 3.63) is 28.8 Å². The standard InChI is InChI=1S/C12H12ClF3N2O2/c13-9-3-1-2-8(12(14,15)16)10(9)18-11(19)17-7-4-5-20-6-7/h1-3,7H,4-6H2,(H2,17,18,19). The molecule has 1 aromatic rings. The topological polar surface area (TPSA) is 50.4 Å². The van der Waals surface area contributed by atoms with Crippen LogP contribution in [-0.2, 0) is 10.9 Å². The fraction of sp³-hybridized carbons (Fsp3) is 0.417. The van der Waals surface area contributed by atoms with Gasteiger partial charge in [0.05, 0.1) is 28.9 Å². The molecule has 0 radical (unpaired) electrons. The first-order valence-electron chi connectivity index (χ1n) is 5.89. The van der Waals surface area contributed by atoms with Crippen LogP contribution in [0.4, 0.5) is 23.7 Å². The van der Waals surface area contributed by atoms with Crippen LogP contribution in [-0.4, -0.2) is 25.3 Å². The van der Waals surface area contributed by atoms with E-state index in [2.05, 4.69) is 10.6 Å². The number of urea groups is 1. The molecule has 0 saturated carbocycles. The highest BCUT2D eigenvalue weighted by molar-refractivity contribution is 6.33. The van der Waals surface area contributed by atoms with Gasteiger partial charge in [0.2, 0.25) is 0 Å². The highest BCUT2D eigenvalue weighted by Gasteiger charge is 2.35. The van der Waals surface area contributed by atoms with Crippen molar-refractivity contribution in [1.82, 2.24) is 5.32 Å². The molecule has 2 rings (SSSR count). The average Bonchev–Trinajstić information content (AvgIpc) is 2.83. The van der Waals surface area contributed by atoms with Crippen LogP contribution in [0.25, 0.3) is 0 Å². The van der Waals surface area contributed by atoms with Crippen LogP contribution in [0.2, 0.25) is 5.02 Å². The number of rotatable bonds is 2. The zero-order chi connectivity index (χ0) is 14.8. The van der Waals surface area contributed by atoms with E-state index in [1.165, 1.54) is 12.1 Å². The Hall–Kier alpha value is -1.47. The van der Waals surface area contributed by atoms with Gasteiger partial charge in [-0.3, -0.25) is 0 Å². The number of benzene rings is 1. The lowest BCUT2D eigenvalue weighted by Gasteiger charge is -2.17. The second-order valence-corrected chi connectivity index (χ2v) is 4.73. The largest absolute Gasteiger partial charge is 0.418 e. The summed E-state index contributed by atoms with van der Waals surface area (Å²) in [5.41, 5.74) is -1.43. The Kier molecular flexibility index (Phi) is 4.39. The minimum Gasteiger partial charge on any atom is -0.379 e. The molecule has 1 unspecified atom stereocenters. The molecule has 1 aromatic carbocycles. The van der Waals surface area contributed by atoms with Gasteiger partial charge in [-0.25, -0.2) is 4.79 Å². The molecular weight excluding hydrogens is 297 g/mol. The van der Waals surface area contributed by atoms with Crippen molar-refractivity contribution in [1.29, 1.82) is 0 Å². The fourth-order valence-electron chi connectivity index (χ4n) is 1.87. The molecule has 0 spiro atoms. The average molecular weight is 309 g/mol. The molecule has 0 aromatic heterocycles. The third-order valence-corrected chi connectivity index (χ3v) is 3.14. The summed E-state index contributed by atoms with van der Waals surface area (Å²) in [6.45, 7) is 0.868. The molecule has 1 saturated heterocycles. The molecule has 20 heavy (non-hydrogen) atoms. The van der Waals surface area contributed by atoms with Crippen LogP contribution in [0.5, 0.6) is 0 Å². The number of nitrogens with one attached hydrogen (secondary N) is 2. The number of halogens is 4. The summed E-state index contributed by atoms with van der Waals surface area (Å²) in [7, 11) is 0. The number of anilines is 1. The summed E-state index contributed by atoms with van der Waals surface area (Å²) in [4.78, 5) is 11.7. The van der Waals surface area contributed by atoms with Crippen LogP contribution < -0.4 is 10.6 Å². The molecule has 4 nitrogen and oxygen atoms in total. The number of carbonyl (C=O) groups is 1. The zero-order valence-corrected chi connectivity index (χ0v) is 11.0. The Balaban J connectivity index is 2.13. The first-order valence-corrected chi connectivity index (χ1v) is 6.26. The molecule has 1 fully saturated rings. The van der Waals surface area contributed by atoms with Crippen molar-refractivity contribution in [3.63, 3.8) is 0 Å². The molecule has 1 heterocycles. The smallest absolute Gasteiger partial charge is 0.379 e. The molecule has 110 valence electrons. The van der Waals surface area contributed by atoms with E-state index in [0.717, 1.165) is 6.07 Å². The van der Waals surface area contributed by atoms with Gasteiger partial charge in [-0.15, -0.1) is 0 Å². The van der Waals surface area contributed by atoms with E-state index >= 15 is 0 Å². The second-order valence-electron chi connectivity index (χ2n) is 4.32. The van der Waals surface area contributed by atoms with Crippen molar-refractivity contribution >= 4 is 23.3 Å². The molecule has 1 atom stereocenters. The summed E-state index contributed by atoms with van der Waals surface area (Å²) < 4.78 is 43.6. The van der Waals surface area contributed by atoms with Crippen LogP contribution in [0.15, 0.2) is 18.2 Å². The maximum Gasteiger partial charge on any atom is 0.418 e. The Morgan fingerprint density at radius 1 is 1.40 bits per heavy atom. The number of alkyl halides is 3. The summed E-state index contributed by atoms with van der Waals surface area (Å²) in [5, 5.41) is 4.52. The number of hydrogen-bond acceptors (Lipinski definition) is 2. The van der Waals surface area contributed by atoms with Crippen molar-refractivity contribution in [2.45, 2.75) is 18.6 Å². The maximum atomic E-state index is 12.8. The monoisotopic (exact) mass is 308 g/mol. The Morgan fingerprint density at radius 2 is 2.15 bits per heavy atom. The number of ether oxygens (including phenoxy) is 1. The van der Waals surface area contributed by atoms with Crippen LogP contribution in [0.1, 0.15) is 12.0 Å². The molecule has 8 heteroatoms. The SMILES string of the molecule is O=C(Nc1c(Cl)cccc1C(F)(F)F)NC1CCOC1. The molecule has 1 aliphatic heterocycles. The van der Waals surface area contributed by atoms with Gasteiger partial charge in [0.25, 0.3) is 0 Å². The molecule has 0 aliphatic carbocycles. The third-order valence-electron chi connectivity index (χ3n) is 2.82. The van der Waals surface area contributed by atoms with Gasteiger partial charge in [0.1, 0.15) is 0 Å². The Morgan fingerprint density at radius 3 is 2.75 bits per heavy atom. The quantitative estimate of drug-likeness (QED) is 0.881. The van der Waals surface area contributed by atoms with Gasteiger partial charge in [-0.1, -0.05) is 17.7 Å². The number of carbonyl (C=O) groups excluding carboxylic acids is 1. The van der Waals surface area contributed by atoms with Crippen LogP contribution in [0, 0.1) is 0 Å². The lowest BCUT2D eigenvalue weighted by molar-refractivity contribution is -0.136. The maximum absolute atomic E-state index is 12.8. The molecule has 2 amide bonds. The normalized spacial score (nSPS) is 18.9. The zero-order valence-electron chi connectivity index (χ0n) is 10.3. The molecule has 2 N–H and O–H groups in total. The minimum absolute atomic E-state index is 0.169. The second kappa shape index (κ2) is 5.88. The lowest BCUT2D eigenvalue weighted by atomic mass is 10.1. The van der Waals surface area contributed by atoms with Crippen LogP contribution in [0.3, 0.4) is 0 Å². The van der Waals surface area contributed by atoms with Crippen LogP contribution >= 0.6 is 11.6 Å². The summed E-state index contributed by atoms with van der Waals surface area (Å²) in [6.07, 6.45) is -3.97. The summed E-state index contributed by atoms with van der Waals surface area (Å²) in [6, 6.07) is 2.38. The van der Waals surface area contributed by atoms with Gasteiger partial charge in [0.15, 0.2) is 0 Å². The fourth-order valence-corrected chi connectivity index (χ4v) is 2.09. The van der Waals surface area contributed by atoms with E-state index in [1.54, 1.807) is 0 Å². The van der Waals surface area contributed by atoms with Gasteiger partial charge in [-0.2, -0.15) is 13.2 Å². The summed E-state index contributed by atoms with van der Waals surface area (Å²) >= 11 is 5.73. The number of para-hydroxylation sites is 1. The molecular formula is C12H12ClF3N2O2. The molecule has 1 aliphatic rings. The third kappa shape index (κ3) is 3.55. The number of hydrogen-bond donors (Lipinski definition) is 2. The van der Waals surface area contributed by atoms with Gasteiger partial charge in [-0.05, 0) is 18.6 Å². The highest BCUT2D eigenvalue weighted by atomic mass is 35.5. The number of amides is 2. The van der Waals surface area contributed by atoms with Crippen molar-refractivity contribution in [3.8, 4) is 0 Å². The van der Waals surface area contributed by atoms with Crippen molar-refractivity contribution in [2.24, 2.45) is 0 Å². The predicted octanol–water partition coefficient (Wildman–Crippen LogP) is 3.27. The van der Waals surface area contributed by atoms with E-state index in [9.17, 15) is 18.0 Å². The van der Waals surface area contributed by atoms with E-state index in [-0.39, 0.29) is 11.1 Å². The predicted molar refractivity (Wildman–Crippen MR) is 67.8 cm³/mol. The van der Waals surface area contributed by atoms with E-state index in [0.29, 0.717) is 19.6 Å². The van der Waals surface area contributed by atoms with E-state index in [4.69, 9.17) is 16.3 Å². The highest BCUT2D eigenvalue weighted by Crippen LogP contribution is 2.38. The van der Waals surface area contributed by atoms with E-state index < -0.39 is 23.5 Å². The van der Waals surface area contributed by atoms with Crippen molar-refractivity contribution < 1.29 is 22.7 Å². The Labute approximate surface area is 118 Å².